The van der Waals surface area contributed by atoms with Crippen LogP contribution in [0.25, 0.3) is 0 Å². The van der Waals surface area contributed by atoms with Gasteiger partial charge in [0.1, 0.15) is 11.6 Å². The summed E-state index contributed by atoms with van der Waals surface area (Å²) >= 11 is 5.63. The highest BCUT2D eigenvalue weighted by atomic mass is 35.5. The van der Waals surface area contributed by atoms with Crippen LogP contribution in [0.15, 0.2) is 24.3 Å². The van der Waals surface area contributed by atoms with Gasteiger partial charge in [0.2, 0.25) is 0 Å². The molecule has 0 aliphatic heterocycles. The van der Waals surface area contributed by atoms with Gasteiger partial charge in [0.15, 0.2) is 17.5 Å². The molecule has 0 saturated carbocycles. The Labute approximate surface area is 116 Å². The molecule has 0 aromatic heterocycles. The maximum atomic E-state index is 13.4. The Morgan fingerprint density at radius 2 is 1.45 bits per heavy atom. The van der Waals surface area contributed by atoms with E-state index in [0.29, 0.717) is 18.2 Å². The summed E-state index contributed by atoms with van der Waals surface area (Å²) in [6.45, 7) is -0.342. The first kappa shape index (κ1) is 14.6. The van der Waals surface area contributed by atoms with E-state index in [4.69, 9.17) is 11.6 Å². The molecule has 0 aliphatic rings. The van der Waals surface area contributed by atoms with Crippen molar-refractivity contribution in [1.82, 2.24) is 0 Å². The van der Waals surface area contributed by atoms with Gasteiger partial charge in [-0.25, -0.2) is 22.0 Å². The van der Waals surface area contributed by atoms with E-state index in [1.807, 2.05) is 0 Å². The Bertz CT molecular complexity index is 636. The van der Waals surface area contributed by atoms with Gasteiger partial charge in [0.25, 0.3) is 0 Å². The highest BCUT2D eigenvalue weighted by Gasteiger charge is 2.13. The third-order valence-electron chi connectivity index (χ3n) is 2.55. The fraction of sp³-hybridized carbons (Fsp3) is 0.0769. The van der Waals surface area contributed by atoms with Crippen LogP contribution in [0.3, 0.4) is 0 Å². The summed E-state index contributed by atoms with van der Waals surface area (Å²) in [5, 5.41) is 2.16. The summed E-state index contributed by atoms with van der Waals surface area (Å²) in [6.07, 6.45) is 0. The fourth-order valence-electron chi connectivity index (χ4n) is 1.59. The first-order valence-corrected chi connectivity index (χ1v) is 5.78. The molecular formula is C13H7ClF5N. The van der Waals surface area contributed by atoms with Crippen LogP contribution >= 0.6 is 11.6 Å². The molecule has 0 aliphatic carbocycles. The van der Waals surface area contributed by atoms with Crippen molar-refractivity contribution in [3.05, 3.63) is 63.9 Å². The van der Waals surface area contributed by atoms with Crippen LogP contribution in [-0.4, -0.2) is 0 Å². The van der Waals surface area contributed by atoms with Crippen molar-refractivity contribution in [1.29, 1.82) is 0 Å². The number of hydrogen-bond donors (Lipinski definition) is 1. The maximum absolute atomic E-state index is 13.4. The lowest BCUT2D eigenvalue weighted by Crippen LogP contribution is -2.06. The first-order valence-electron chi connectivity index (χ1n) is 5.40. The van der Waals surface area contributed by atoms with Crippen LogP contribution < -0.4 is 5.32 Å². The van der Waals surface area contributed by atoms with E-state index in [9.17, 15) is 22.0 Å². The molecule has 7 heteroatoms. The molecule has 106 valence electrons. The number of anilines is 1. The Balaban J connectivity index is 2.23. The summed E-state index contributed by atoms with van der Waals surface area (Å²) < 4.78 is 65.4. The normalized spacial score (nSPS) is 10.7. The SMILES string of the molecule is Fc1cc(F)c(NCc2cc(F)c(F)cc2F)c(Cl)c1. The second-order valence-electron chi connectivity index (χ2n) is 3.96. The summed E-state index contributed by atoms with van der Waals surface area (Å²) in [6, 6.07) is 2.49. The van der Waals surface area contributed by atoms with E-state index in [1.165, 1.54) is 0 Å². The van der Waals surface area contributed by atoms with Gasteiger partial charge >= 0.3 is 0 Å². The van der Waals surface area contributed by atoms with Gasteiger partial charge < -0.3 is 5.32 Å². The molecule has 0 heterocycles. The van der Waals surface area contributed by atoms with E-state index in [0.717, 1.165) is 6.07 Å². The first-order chi connectivity index (χ1) is 9.38. The van der Waals surface area contributed by atoms with Crippen molar-refractivity contribution in [2.75, 3.05) is 5.32 Å². The molecule has 0 fully saturated rings. The third-order valence-corrected chi connectivity index (χ3v) is 2.85. The topological polar surface area (TPSA) is 12.0 Å². The molecule has 2 rings (SSSR count). The van der Waals surface area contributed by atoms with E-state index in [1.54, 1.807) is 0 Å². The molecule has 2 aromatic carbocycles. The highest BCUT2D eigenvalue weighted by molar-refractivity contribution is 6.33. The van der Waals surface area contributed by atoms with Gasteiger partial charge in [0, 0.05) is 24.2 Å². The van der Waals surface area contributed by atoms with Crippen LogP contribution in [0.1, 0.15) is 5.56 Å². The largest absolute Gasteiger partial charge is 0.377 e. The molecule has 0 atom stereocenters. The standard InChI is InChI=1S/C13H7ClF5N/c14-8-2-7(15)3-12(19)13(8)20-5-6-1-10(17)11(18)4-9(6)16/h1-4,20H,5H2. The molecule has 0 saturated heterocycles. The molecule has 0 radical (unpaired) electrons. The zero-order chi connectivity index (χ0) is 14.9. The molecule has 2 aromatic rings. The molecule has 0 amide bonds. The van der Waals surface area contributed by atoms with Gasteiger partial charge in [-0.2, -0.15) is 0 Å². The molecule has 1 nitrogen and oxygen atoms in total. The highest BCUT2D eigenvalue weighted by Crippen LogP contribution is 2.27. The molecule has 0 bridgehead atoms. The lowest BCUT2D eigenvalue weighted by atomic mass is 10.2. The molecular weight excluding hydrogens is 301 g/mol. The van der Waals surface area contributed by atoms with E-state index in [2.05, 4.69) is 5.32 Å². The number of rotatable bonds is 3. The number of halogens is 6. The van der Waals surface area contributed by atoms with Crippen LogP contribution in [0.5, 0.6) is 0 Å². The van der Waals surface area contributed by atoms with Crippen molar-refractivity contribution in [2.45, 2.75) is 6.54 Å². The van der Waals surface area contributed by atoms with Crippen LogP contribution in [0, 0.1) is 29.1 Å². The number of benzene rings is 2. The minimum Gasteiger partial charge on any atom is -0.377 e. The Hall–Kier alpha value is -1.82. The fourth-order valence-corrected chi connectivity index (χ4v) is 1.86. The van der Waals surface area contributed by atoms with E-state index < -0.39 is 29.1 Å². The van der Waals surface area contributed by atoms with Gasteiger partial charge in [-0.1, -0.05) is 11.6 Å². The van der Waals surface area contributed by atoms with Crippen molar-refractivity contribution >= 4 is 17.3 Å². The van der Waals surface area contributed by atoms with Gasteiger partial charge in [-0.3, -0.25) is 0 Å². The van der Waals surface area contributed by atoms with Crippen molar-refractivity contribution in [2.24, 2.45) is 0 Å². The van der Waals surface area contributed by atoms with Gasteiger partial charge in [0.05, 0.1) is 10.7 Å². The Morgan fingerprint density at radius 3 is 2.10 bits per heavy atom. The van der Waals surface area contributed by atoms with Crippen LogP contribution in [-0.2, 0) is 6.54 Å². The summed E-state index contributed by atoms with van der Waals surface area (Å²) in [4.78, 5) is 0. The third kappa shape index (κ3) is 3.01. The lowest BCUT2D eigenvalue weighted by molar-refractivity contribution is 0.490. The Morgan fingerprint density at radius 1 is 0.800 bits per heavy atom. The van der Waals surface area contributed by atoms with Crippen LogP contribution in [0.2, 0.25) is 5.02 Å². The zero-order valence-corrected chi connectivity index (χ0v) is 10.5. The number of hydrogen-bond acceptors (Lipinski definition) is 1. The van der Waals surface area contributed by atoms with Gasteiger partial charge in [-0.15, -0.1) is 0 Å². The molecule has 0 spiro atoms. The smallest absolute Gasteiger partial charge is 0.161 e. The second kappa shape index (κ2) is 5.66. The molecule has 1 N–H and O–H groups in total. The minimum atomic E-state index is -1.32. The number of nitrogens with one attached hydrogen (secondary N) is 1. The minimum absolute atomic E-state index is 0.219. The lowest BCUT2D eigenvalue weighted by Gasteiger charge is -2.10. The van der Waals surface area contributed by atoms with E-state index >= 15 is 0 Å². The molecule has 0 unspecified atom stereocenters. The summed E-state index contributed by atoms with van der Waals surface area (Å²) in [5.74, 6) is -5.38. The molecule has 20 heavy (non-hydrogen) atoms. The van der Waals surface area contributed by atoms with Crippen molar-refractivity contribution < 1.29 is 22.0 Å². The predicted octanol–water partition coefficient (Wildman–Crippen LogP) is 4.65. The van der Waals surface area contributed by atoms with E-state index in [-0.39, 0.29) is 22.8 Å². The predicted molar refractivity (Wildman–Crippen MR) is 65.0 cm³/mol. The summed E-state index contributed by atoms with van der Waals surface area (Å²) in [5.41, 5.74) is -0.471. The quantitative estimate of drug-likeness (QED) is 0.643. The Kier molecular flexibility index (Phi) is 4.13. The average Bonchev–Trinajstić information content (AvgIpc) is 2.33. The zero-order valence-electron chi connectivity index (χ0n) is 9.78. The van der Waals surface area contributed by atoms with Crippen molar-refractivity contribution in [3.8, 4) is 0 Å². The summed E-state index contributed by atoms with van der Waals surface area (Å²) in [7, 11) is 0. The second-order valence-corrected chi connectivity index (χ2v) is 4.36. The van der Waals surface area contributed by atoms with Gasteiger partial charge in [-0.05, 0) is 12.1 Å². The van der Waals surface area contributed by atoms with Crippen molar-refractivity contribution in [3.63, 3.8) is 0 Å². The average molecular weight is 308 g/mol. The van der Waals surface area contributed by atoms with Crippen LogP contribution in [0.4, 0.5) is 27.6 Å². The maximum Gasteiger partial charge on any atom is 0.161 e. The monoisotopic (exact) mass is 307 g/mol.